The van der Waals surface area contributed by atoms with E-state index < -0.39 is 0 Å². The average molecular weight is 194 g/mol. The molecular formula is C10H14N2O2. The van der Waals surface area contributed by atoms with Gasteiger partial charge in [0.15, 0.2) is 5.89 Å². The zero-order chi connectivity index (χ0) is 10.1. The van der Waals surface area contributed by atoms with Gasteiger partial charge >= 0.3 is 0 Å². The summed E-state index contributed by atoms with van der Waals surface area (Å²) in [5, 5.41) is 0. The summed E-state index contributed by atoms with van der Waals surface area (Å²) >= 11 is 0. The van der Waals surface area contributed by atoms with Crippen molar-refractivity contribution in [3.8, 4) is 0 Å². The summed E-state index contributed by atoms with van der Waals surface area (Å²) in [5.74, 6) is 1.83. The van der Waals surface area contributed by atoms with Gasteiger partial charge in [0.2, 0.25) is 5.91 Å². The number of carbonyl (C=O) groups excluding carboxylic acids is 1. The maximum atomic E-state index is 11.5. The van der Waals surface area contributed by atoms with E-state index in [1.165, 1.54) is 0 Å². The second-order valence-corrected chi connectivity index (χ2v) is 3.52. The molecule has 0 N–H and O–H groups in total. The van der Waals surface area contributed by atoms with Crippen molar-refractivity contribution in [1.82, 2.24) is 9.88 Å². The Balaban J connectivity index is 2.16. The summed E-state index contributed by atoms with van der Waals surface area (Å²) in [6.45, 7) is 5.09. The largest absolute Gasteiger partial charge is 0.446 e. The van der Waals surface area contributed by atoms with Crippen LogP contribution in [0.15, 0.2) is 4.42 Å². The average Bonchev–Trinajstić information content (AvgIpc) is 2.55. The van der Waals surface area contributed by atoms with Crippen molar-refractivity contribution in [2.45, 2.75) is 33.2 Å². The fraction of sp³-hybridized carbons (Fsp3) is 0.600. The van der Waals surface area contributed by atoms with Crippen LogP contribution in [0.1, 0.15) is 30.7 Å². The first kappa shape index (κ1) is 9.24. The van der Waals surface area contributed by atoms with E-state index in [0.29, 0.717) is 18.9 Å². The predicted molar refractivity (Wildman–Crippen MR) is 50.7 cm³/mol. The molecule has 1 aromatic heterocycles. The summed E-state index contributed by atoms with van der Waals surface area (Å²) in [4.78, 5) is 17.5. The van der Waals surface area contributed by atoms with Crippen molar-refractivity contribution < 1.29 is 9.21 Å². The zero-order valence-electron chi connectivity index (χ0n) is 8.54. The van der Waals surface area contributed by atoms with Crippen LogP contribution in [0.5, 0.6) is 0 Å². The molecule has 1 aliphatic rings. The first-order valence-electron chi connectivity index (χ1n) is 4.93. The fourth-order valence-electron chi connectivity index (χ4n) is 1.76. The lowest BCUT2D eigenvalue weighted by Gasteiger charge is -2.24. The number of hydrogen-bond donors (Lipinski definition) is 0. The van der Waals surface area contributed by atoms with E-state index in [0.717, 1.165) is 24.4 Å². The van der Waals surface area contributed by atoms with Crippen molar-refractivity contribution >= 4 is 5.91 Å². The van der Waals surface area contributed by atoms with E-state index in [1.807, 2.05) is 18.7 Å². The van der Waals surface area contributed by atoms with E-state index >= 15 is 0 Å². The Labute approximate surface area is 82.9 Å². The van der Waals surface area contributed by atoms with Crippen LogP contribution in [-0.4, -0.2) is 22.3 Å². The number of oxazole rings is 1. The minimum absolute atomic E-state index is 0.191. The molecule has 4 heteroatoms. The molecule has 2 rings (SSSR count). The van der Waals surface area contributed by atoms with Crippen LogP contribution in [0, 0.1) is 6.92 Å². The fourth-order valence-corrected chi connectivity index (χ4v) is 1.76. The first-order valence-corrected chi connectivity index (χ1v) is 4.93. The van der Waals surface area contributed by atoms with E-state index in [2.05, 4.69) is 4.98 Å². The molecular weight excluding hydrogens is 180 g/mol. The van der Waals surface area contributed by atoms with E-state index in [-0.39, 0.29) is 5.91 Å². The van der Waals surface area contributed by atoms with Crippen molar-refractivity contribution in [2.75, 3.05) is 6.54 Å². The predicted octanol–water partition coefficient (Wildman–Crippen LogP) is 1.28. The Kier molecular flexibility index (Phi) is 2.27. The first-order chi connectivity index (χ1) is 6.70. The molecule has 0 saturated heterocycles. The third-order valence-corrected chi connectivity index (χ3v) is 2.49. The number of aryl methyl sites for hydroxylation is 1. The highest BCUT2D eigenvalue weighted by molar-refractivity contribution is 5.76. The van der Waals surface area contributed by atoms with Crippen LogP contribution in [0.4, 0.5) is 0 Å². The lowest BCUT2D eigenvalue weighted by molar-refractivity contribution is -0.131. The van der Waals surface area contributed by atoms with Gasteiger partial charge in [-0.2, -0.15) is 0 Å². The molecule has 1 aromatic rings. The summed E-state index contributed by atoms with van der Waals surface area (Å²) in [5.41, 5.74) is 0.926. The molecule has 0 unspecified atom stereocenters. The molecule has 0 aliphatic carbocycles. The number of aromatic nitrogens is 1. The molecule has 4 nitrogen and oxygen atoms in total. The molecule has 0 fully saturated rings. The van der Waals surface area contributed by atoms with Gasteiger partial charge in [-0.15, -0.1) is 0 Å². The van der Waals surface area contributed by atoms with Crippen LogP contribution >= 0.6 is 0 Å². The van der Waals surface area contributed by atoms with Gasteiger partial charge in [-0.25, -0.2) is 4.98 Å². The Morgan fingerprint density at radius 2 is 2.43 bits per heavy atom. The maximum absolute atomic E-state index is 11.5. The van der Waals surface area contributed by atoms with Gasteiger partial charge in [0.25, 0.3) is 0 Å². The number of fused-ring (bicyclic) bond motifs is 1. The molecule has 76 valence electrons. The van der Waals surface area contributed by atoms with E-state index in [9.17, 15) is 4.79 Å². The minimum atomic E-state index is 0.191. The third-order valence-electron chi connectivity index (χ3n) is 2.49. The minimum Gasteiger partial charge on any atom is -0.446 e. The molecule has 0 spiro atoms. The van der Waals surface area contributed by atoms with Crippen LogP contribution < -0.4 is 0 Å². The quantitative estimate of drug-likeness (QED) is 0.676. The summed E-state index contributed by atoms with van der Waals surface area (Å²) in [6, 6.07) is 0. The van der Waals surface area contributed by atoms with Crippen LogP contribution in [0.3, 0.4) is 0 Å². The van der Waals surface area contributed by atoms with Gasteiger partial charge in [0.1, 0.15) is 11.5 Å². The molecule has 1 aliphatic heterocycles. The lowest BCUT2D eigenvalue weighted by atomic mass is 10.1. The van der Waals surface area contributed by atoms with Crippen molar-refractivity contribution in [3.05, 3.63) is 17.3 Å². The molecule has 0 bridgehead atoms. The van der Waals surface area contributed by atoms with Gasteiger partial charge < -0.3 is 9.32 Å². The van der Waals surface area contributed by atoms with Crippen LogP contribution in [0.2, 0.25) is 0 Å². The second-order valence-electron chi connectivity index (χ2n) is 3.52. The van der Waals surface area contributed by atoms with E-state index in [4.69, 9.17) is 4.42 Å². The molecule has 0 atom stereocenters. The van der Waals surface area contributed by atoms with E-state index in [1.54, 1.807) is 0 Å². The van der Waals surface area contributed by atoms with Crippen molar-refractivity contribution in [2.24, 2.45) is 0 Å². The molecule has 2 heterocycles. The van der Waals surface area contributed by atoms with Gasteiger partial charge in [0.05, 0.1) is 6.54 Å². The summed E-state index contributed by atoms with van der Waals surface area (Å²) < 4.78 is 5.42. The van der Waals surface area contributed by atoms with Gasteiger partial charge in [-0.3, -0.25) is 4.79 Å². The highest BCUT2D eigenvalue weighted by Gasteiger charge is 2.23. The van der Waals surface area contributed by atoms with Crippen LogP contribution in [0.25, 0.3) is 0 Å². The topological polar surface area (TPSA) is 46.3 Å². The third kappa shape index (κ3) is 1.52. The highest BCUT2D eigenvalue weighted by Crippen LogP contribution is 2.19. The lowest BCUT2D eigenvalue weighted by Crippen LogP contribution is -2.35. The molecule has 0 radical (unpaired) electrons. The zero-order valence-corrected chi connectivity index (χ0v) is 8.54. The van der Waals surface area contributed by atoms with Crippen molar-refractivity contribution in [1.29, 1.82) is 0 Å². The second kappa shape index (κ2) is 3.44. The number of amides is 1. The van der Waals surface area contributed by atoms with Crippen LogP contribution in [-0.2, 0) is 17.8 Å². The standard InChI is InChI=1S/C10H14N2O2/c1-3-10(13)12-5-4-9-8(6-12)11-7(2)14-9/h3-6H2,1-2H3. The van der Waals surface area contributed by atoms with Gasteiger partial charge in [0, 0.05) is 26.3 Å². The molecule has 1 amide bonds. The Bertz CT molecular complexity index is 357. The normalized spacial score (nSPS) is 15.4. The molecule has 0 saturated carbocycles. The molecule has 14 heavy (non-hydrogen) atoms. The Morgan fingerprint density at radius 1 is 1.64 bits per heavy atom. The monoisotopic (exact) mass is 194 g/mol. The van der Waals surface area contributed by atoms with Crippen molar-refractivity contribution in [3.63, 3.8) is 0 Å². The number of nitrogens with zero attached hydrogens (tertiary/aromatic N) is 2. The number of hydrogen-bond acceptors (Lipinski definition) is 3. The maximum Gasteiger partial charge on any atom is 0.222 e. The Morgan fingerprint density at radius 3 is 3.14 bits per heavy atom. The van der Waals surface area contributed by atoms with Gasteiger partial charge in [-0.1, -0.05) is 6.92 Å². The number of rotatable bonds is 1. The van der Waals surface area contributed by atoms with Gasteiger partial charge in [-0.05, 0) is 0 Å². The summed E-state index contributed by atoms with van der Waals surface area (Å²) in [7, 11) is 0. The molecule has 0 aromatic carbocycles. The Hall–Kier alpha value is -1.32. The SMILES string of the molecule is CCC(=O)N1CCc2oc(C)nc2C1. The smallest absolute Gasteiger partial charge is 0.222 e. The number of carbonyl (C=O) groups is 1. The summed E-state index contributed by atoms with van der Waals surface area (Å²) in [6.07, 6.45) is 1.36. The highest BCUT2D eigenvalue weighted by atomic mass is 16.4.